The smallest absolute Gasteiger partial charge is 0.248 e. The quantitative estimate of drug-likeness (QED) is 0.500. The maximum Gasteiger partial charge on any atom is 0.248 e. The van der Waals surface area contributed by atoms with Crippen LogP contribution < -0.4 is 10.1 Å². The van der Waals surface area contributed by atoms with Gasteiger partial charge in [0.1, 0.15) is 11.8 Å². The van der Waals surface area contributed by atoms with Crippen molar-refractivity contribution in [3.05, 3.63) is 24.5 Å². The summed E-state index contributed by atoms with van der Waals surface area (Å²) < 4.78 is 15.1. The molecule has 182 valence electrons. The third-order valence-electron chi connectivity index (χ3n) is 6.74. The molecule has 0 radical (unpaired) electrons. The van der Waals surface area contributed by atoms with Gasteiger partial charge in [-0.25, -0.2) is 0 Å². The van der Waals surface area contributed by atoms with Crippen molar-refractivity contribution in [2.24, 2.45) is 5.92 Å². The molecule has 0 aliphatic heterocycles. The highest BCUT2D eigenvalue weighted by atomic mass is 16.5. The second-order valence-corrected chi connectivity index (χ2v) is 9.74. The Balaban J connectivity index is 1.44. The lowest BCUT2D eigenvalue weighted by atomic mass is 9.97. The van der Waals surface area contributed by atoms with Crippen LogP contribution in [-0.2, 0) is 16.1 Å². The number of ether oxygens (including phenoxy) is 2. The highest BCUT2D eigenvalue weighted by Crippen LogP contribution is 2.36. The van der Waals surface area contributed by atoms with E-state index >= 15 is 0 Å². The highest BCUT2D eigenvalue weighted by Gasteiger charge is 2.29. The molecule has 0 aromatic carbocycles. The zero-order chi connectivity index (χ0) is 23.2. The first-order chi connectivity index (χ1) is 16.0. The summed E-state index contributed by atoms with van der Waals surface area (Å²) in [5.74, 6) is 1.53. The van der Waals surface area contributed by atoms with Crippen molar-refractivity contribution in [2.45, 2.75) is 96.4 Å². The Hall–Kier alpha value is -2.48. The van der Waals surface area contributed by atoms with Crippen LogP contribution in [0.15, 0.2) is 24.5 Å². The van der Waals surface area contributed by atoms with Gasteiger partial charge in [0.05, 0.1) is 31.6 Å². The summed E-state index contributed by atoms with van der Waals surface area (Å²) in [6, 6.07) is 2.92. The van der Waals surface area contributed by atoms with Crippen LogP contribution in [0.2, 0.25) is 0 Å². The number of carbonyl (C=O) groups excluding carboxylic acids is 1. The predicted molar refractivity (Wildman–Crippen MR) is 127 cm³/mol. The van der Waals surface area contributed by atoms with Crippen molar-refractivity contribution in [1.29, 1.82) is 0 Å². The third-order valence-corrected chi connectivity index (χ3v) is 6.74. The van der Waals surface area contributed by atoms with E-state index in [2.05, 4.69) is 10.4 Å². The maximum absolute atomic E-state index is 13.4. The molecule has 2 fully saturated rings. The molecule has 0 bridgehead atoms. The average molecular weight is 459 g/mol. The normalized spacial score (nSPS) is 18.3. The molecule has 2 aliphatic carbocycles. The van der Waals surface area contributed by atoms with Crippen LogP contribution >= 0.6 is 0 Å². The summed E-state index contributed by atoms with van der Waals surface area (Å²) in [5, 5.41) is 18.1. The van der Waals surface area contributed by atoms with E-state index in [1.807, 2.05) is 20.0 Å². The third kappa shape index (κ3) is 6.53. The van der Waals surface area contributed by atoms with Gasteiger partial charge in [-0.2, -0.15) is 5.10 Å². The zero-order valence-electron chi connectivity index (χ0n) is 19.9. The van der Waals surface area contributed by atoms with Crippen LogP contribution in [-0.4, -0.2) is 44.2 Å². The summed E-state index contributed by atoms with van der Waals surface area (Å²) in [4.78, 5) is 13.4. The fourth-order valence-corrected chi connectivity index (χ4v) is 5.01. The Morgan fingerprint density at radius 1 is 1.21 bits per heavy atom. The molecule has 8 nitrogen and oxygen atoms in total. The fourth-order valence-electron chi connectivity index (χ4n) is 5.01. The fraction of sp³-hybridized carbons (Fsp3) is 0.680. The molecule has 0 saturated heterocycles. The van der Waals surface area contributed by atoms with Crippen molar-refractivity contribution in [1.82, 2.24) is 14.3 Å². The topological polar surface area (TPSA) is 90.5 Å². The zero-order valence-corrected chi connectivity index (χ0v) is 19.9. The number of amides is 1. The summed E-state index contributed by atoms with van der Waals surface area (Å²) in [6.07, 6.45) is 13.8. The lowest BCUT2D eigenvalue weighted by molar-refractivity contribution is -0.119. The summed E-state index contributed by atoms with van der Waals surface area (Å²) in [7, 11) is 0. The number of hydrogen-bond acceptors (Lipinski definition) is 5. The number of anilines is 1. The van der Waals surface area contributed by atoms with Crippen molar-refractivity contribution in [3.8, 4) is 11.6 Å². The molecular weight excluding hydrogens is 420 g/mol. The first-order valence-corrected chi connectivity index (χ1v) is 12.5. The van der Waals surface area contributed by atoms with Gasteiger partial charge in [0.2, 0.25) is 5.91 Å². The minimum absolute atomic E-state index is 0.0671. The number of nitrogens with zero attached hydrogens (tertiary/aromatic N) is 3. The van der Waals surface area contributed by atoms with Crippen molar-refractivity contribution in [2.75, 3.05) is 11.9 Å². The number of nitrogens with one attached hydrogen (secondary N) is 1. The lowest BCUT2D eigenvalue weighted by Crippen LogP contribution is -2.27. The second-order valence-electron chi connectivity index (χ2n) is 9.74. The number of rotatable bonds is 11. The van der Waals surface area contributed by atoms with Crippen LogP contribution in [0.25, 0.3) is 0 Å². The molecule has 2 aliphatic rings. The summed E-state index contributed by atoms with van der Waals surface area (Å²) in [5.41, 5.74) is 0. The predicted octanol–water partition coefficient (Wildman–Crippen LogP) is 4.90. The molecule has 2 heterocycles. The van der Waals surface area contributed by atoms with E-state index in [0.29, 0.717) is 37.1 Å². The molecular formula is C25H38N4O4. The summed E-state index contributed by atoms with van der Waals surface area (Å²) >= 11 is 0. The molecule has 2 N–H and O–H groups in total. The van der Waals surface area contributed by atoms with Gasteiger partial charge in [-0.05, 0) is 51.9 Å². The first-order valence-electron chi connectivity index (χ1n) is 12.5. The van der Waals surface area contributed by atoms with Crippen LogP contribution in [0.3, 0.4) is 0 Å². The second kappa shape index (κ2) is 11.1. The van der Waals surface area contributed by atoms with E-state index in [1.165, 1.54) is 25.7 Å². The van der Waals surface area contributed by atoms with Crippen LogP contribution in [0.4, 0.5) is 5.82 Å². The Morgan fingerprint density at radius 2 is 1.94 bits per heavy atom. The van der Waals surface area contributed by atoms with Gasteiger partial charge in [0, 0.05) is 18.3 Å². The molecule has 0 spiro atoms. The standard InChI is InChI=1S/C25H38N4O4/c1-18(2)32-14-13-28-12-11-23(27-28)26-25(31)22(15-19-7-3-4-8-19)29-17-21(16-24(29)30)33-20-9-5-6-10-20/h11-12,16-20,22,30H,3-10,13-15H2,1-2H3,(H,26,27,31)/t22-/m0/s1. The Kier molecular flexibility index (Phi) is 7.96. The average Bonchev–Trinajstić information content (AvgIpc) is 3.56. The van der Waals surface area contributed by atoms with Crippen molar-refractivity contribution in [3.63, 3.8) is 0 Å². The molecule has 2 saturated carbocycles. The van der Waals surface area contributed by atoms with Gasteiger partial charge in [0.25, 0.3) is 0 Å². The molecule has 4 rings (SSSR count). The first kappa shape index (κ1) is 23.7. The van der Waals surface area contributed by atoms with Crippen LogP contribution in [0.5, 0.6) is 11.6 Å². The van der Waals surface area contributed by atoms with Crippen molar-refractivity contribution < 1.29 is 19.4 Å². The van der Waals surface area contributed by atoms with Gasteiger partial charge in [0.15, 0.2) is 11.7 Å². The maximum atomic E-state index is 13.4. The van der Waals surface area contributed by atoms with E-state index in [9.17, 15) is 9.90 Å². The molecule has 1 amide bonds. The lowest BCUT2D eigenvalue weighted by Gasteiger charge is -2.22. The van der Waals surface area contributed by atoms with Crippen molar-refractivity contribution >= 4 is 11.7 Å². The van der Waals surface area contributed by atoms with E-state index < -0.39 is 6.04 Å². The van der Waals surface area contributed by atoms with Gasteiger partial charge >= 0.3 is 0 Å². The molecule has 8 heteroatoms. The monoisotopic (exact) mass is 458 g/mol. The minimum atomic E-state index is -0.511. The van der Waals surface area contributed by atoms with E-state index in [4.69, 9.17) is 9.47 Å². The van der Waals surface area contributed by atoms with Gasteiger partial charge in [-0.15, -0.1) is 0 Å². The van der Waals surface area contributed by atoms with Gasteiger partial charge in [-0.3, -0.25) is 9.48 Å². The SMILES string of the molecule is CC(C)OCCn1ccc(NC(=O)[C@H](CC2CCCC2)n2cc(OC3CCCC3)cc2O)n1. The van der Waals surface area contributed by atoms with E-state index in [1.54, 1.807) is 27.6 Å². The Morgan fingerprint density at radius 3 is 2.67 bits per heavy atom. The summed E-state index contributed by atoms with van der Waals surface area (Å²) in [6.45, 7) is 5.19. The van der Waals surface area contributed by atoms with Crippen LogP contribution in [0, 0.1) is 5.92 Å². The molecule has 1 atom stereocenters. The van der Waals surface area contributed by atoms with E-state index in [-0.39, 0.29) is 24.0 Å². The largest absolute Gasteiger partial charge is 0.494 e. The molecule has 2 aromatic rings. The molecule has 33 heavy (non-hydrogen) atoms. The minimum Gasteiger partial charge on any atom is -0.494 e. The Bertz CT molecular complexity index is 894. The van der Waals surface area contributed by atoms with Gasteiger partial charge < -0.3 is 24.5 Å². The number of aromatic nitrogens is 3. The highest BCUT2D eigenvalue weighted by molar-refractivity contribution is 5.93. The number of hydrogen-bond donors (Lipinski definition) is 2. The van der Waals surface area contributed by atoms with Crippen LogP contribution in [0.1, 0.15) is 77.7 Å². The Labute approximate surface area is 196 Å². The van der Waals surface area contributed by atoms with E-state index in [0.717, 1.165) is 25.7 Å². The number of carbonyl (C=O) groups is 1. The number of aromatic hydroxyl groups is 1. The molecule has 2 aromatic heterocycles. The van der Waals surface area contributed by atoms with Gasteiger partial charge in [-0.1, -0.05) is 25.7 Å². The molecule has 0 unspecified atom stereocenters.